The summed E-state index contributed by atoms with van der Waals surface area (Å²) in [4.78, 5) is 30.3. The van der Waals surface area contributed by atoms with Gasteiger partial charge in [-0.25, -0.2) is 4.98 Å². The van der Waals surface area contributed by atoms with E-state index in [1.807, 2.05) is 18.9 Å². The molecule has 23 heavy (non-hydrogen) atoms. The van der Waals surface area contributed by atoms with Crippen molar-refractivity contribution in [3.8, 4) is 0 Å². The second-order valence-electron chi connectivity index (χ2n) is 5.90. The molecular formula is C16H21N5O2. The number of hydrogen-bond donors (Lipinski definition) is 1. The smallest absolute Gasteiger partial charge is 0.252 e. The molecule has 0 aliphatic carbocycles. The van der Waals surface area contributed by atoms with Gasteiger partial charge in [0.25, 0.3) is 5.91 Å². The van der Waals surface area contributed by atoms with Gasteiger partial charge < -0.3 is 10.2 Å². The number of fused-ring (bicyclic) bond motifs is 1. The quantitative estimate of drug-likeness (QED) is 0.913. The van der Waals surface area contributed by atoms with Crippen LogP contribution in [0.25, 0.3) is 11.0 Å². The SMILES string of the molecule is Cc1nn(C)c2ncc(C(=O)NCCC(=O)N3CCCC3)cc12. The van der Waals surface area contributed by atoms with Gasteiger partial charge in [0.05, 0.1) is 11.3 Å². The third kappa shape index (κ3) is 3.18. The number of nitrogens with one attached hydrogen (secondary N) is 1. The van der Waals surface area contributed by atoms with E-state index in [2.05, 4.69) is 15.4 Å². The summed E-state index contributed by atoms with van der Waals surface area (Å²) in [6.45, 7) is 3.92. The number of carbonyl (C=O) groups is 2. The van der Waals surface area contributed by atoms with Gasteiger partial charge in [0.15, 0.2) is 5.65 Å². The molecule has 122 valence electrons. The van der Waals surface area contributed by atoms with Crippen LogP contribution in [0.4, 0.5) is 0 Å². The molecule has 0 aromatic carbocycles. The largest absolute Gasteiger partial charge is 0.351 e. The van der Waals surface area contributed by atoms with Crippen LogP contribution >= 0.6 is 0 Å². The molecular weight excluding hydrogens is 294 g/mol. The van der Waals surface area contributed by atoms with Crippen molar-refractivity contribution in [2.24, 2.45) is 7.05 Å². The van der Waals surface area contributed by atoms with Crippen LogP contribution in [0.15, 0.2) is 12.3 Å². The van der Waals surface area contributed by atoms with Crippen LogP contribution in [0, 0.1) is 6.92 Å². The summed E-state index contributed by atoms with van der Waals surface area (Å²) in [5, 5.41) is 7.95. The molecule has 0 saturated carbocycles. The number of aromatic nitrogens is 3. The summed E-state index contributed by atoms with van der Waals surface area (Å²) in [6, 6.07) is 1.79. The first-order chi connectivity index (χ1) is 11.1. The maximum atomic E-state index is 12.2. The van der Waals surface area contributed by atoms with Gasteiger partial charge in [-0.05, 0) is 25.8 Å². The van der Waals surface area contributed by atoms with E-state index in [1.54, 1.807) is 16.9 Å². The van der Waals surface area contributed by atoms with Crippen LogP contribution < -0.4 is 5.32 Å². The van der Waals surface area contributed by atoms with E-state index in [0.29, 0.717) is 18.5 Å². The first-order valence-corrected chi connectivity index (χ1v) is 7.91. The molecule has 0 unspecified atom stereocenters. The molecule has 1 aliphatic heterocycles. The Bertz CT molecular complexity index is 746. The van der Waals surface area contributed by atoms with Gasteiger partial charge in [-0.2, -0.15) is 5.10 Å². The number of nitrogens with zero attached hydrogens (tertiary/aromatic N) is 4. The molecule has 0 spiro atoms. The predicted molar refractivity (Wildman–Crippen MR) is 86.0 cm³/mol. The second-order valence-corrected chi connectivity index (χ2v) is 5.90. The van der Waals surface area contributed by atoms with E-state index in [1.165, 1.54) is 0 Å². The summed E-state index contributed by atoms with van der Waals surface area (Å²) < 4.78 is 1.70. The van der Waals surface area contributed by atoms with Crippen molar-refractivity contribution in [1.29, 1.82) is 0 Å². The zero-order chi connectivity index (χ0) is 16.4. The molecule has 2 aromatic heterocycles. The molecule has 2 amide bonds. The Morgan fingerprint density at radius 1 is 1.30 bits per heavy atom. The molecule has 7 nitrogen and oxygen atoms in total. The van der Waals surface area contributed by atoms with E-state index in [0.717, 1.165) is 42.7 Å². The maximum absolute atomic E-state index is 12.2. The third-order valence-corrected chi connectivity index (χ3v) is 4.21. The van der Waals surface area contributed by atoms with Crippen LogP contribution in [-0.4, -0.2) is 51.1 Å². The fraction of sp³-hybridized carbons (Fsp3) is 0.500. The topological polar surface area (TPSA) is 80.1 Å². The van der Waals surface area contributed by atoms with E-state index in [4.69, 9.17) is 0 Å². The number of carbonyl (C=O) groups excluding carboxylic acids is 2. The average Bonchev–Trinajstić information content (AvgIpc) is 3.16. The minimum atomic E-state index is -0.211. The highest BCUT2D eigenvalue weighted by Crippen LogP contribution is 2.16. The molecule has 0 bridgehead atoms. The summed E-state index contributed by atoms with van der Waals surface area (Å²) in [7, 11) is 1.83. The molecule has 0 radical (unpaired) electrons. The lowest BCUT2D eigenvalue weighted by atomic mass is 10.2. The number of amides is 2. The molecule has 1 aliphatic rings. The predicted octanol–water partition coefficient (Wildman–Crippen LogP) is 1.02. The Morgan fingerprint density at radius 3 is 2.78 bits per heavy atom. The second kappa shape index (κ2) is 6.36. The van der Waals surface area contributed by atoms with E-state index in [-0.39, 0.29) is 11.8 Å². The van der Waals surface area contributed by atoms with Crippen molar-refractivity contribution in [2.45, 2.75) is 26.2 Å². The van der Waals surface area contributed by atoms with Gasteiger partial charge in [-0.3, -0.25) is 14.3 Å². The zero-order valence-electron chi connectivity index (χ0n) is 13.5. The molecule has 1 fully saturated rings. The molecule has 1 saturated heterocycles. The summed E-state index contributed by atoms with van der Waals surface area (Å²) >= 11 is 0. The van der Waals surface area contributed by atoms with Crippen molar-refractivity contribution in [3.63, 3.8) is 0 Å². The zero-order valence-corrected chi connectivity index (χ0v) is 13.5. The lowest BCUT2D eigenvalue weighted by Crippen LogP contribution is -2.32. The number of rotatable bonds is 4. The molecule has 3 rings (SSSR count). The number of likely N-dealkylation sites (tertiary alicyclic amines) is 1. The molecule has 0 atom stereocenters. The van der Waals surface area contributed by atoms with E-state index >= 15 is 0 Å². The van der Waals surface area contributed by atoms with Crippen molar-refractivity contribution >= 4 is 22.8 Å². The lowest BCUT2D eigenvalue weighted by molar-refractivity contribution is -0.129. The molecule has 1 N–H and O–H groups in total. The monoisotopic (exact) mass is 315 g/mol. The maximum Gasteiger partial charge on any atom is 0.252 e. The minimum absolute atomic E-state index is 0.111. The van der Waals surface area contributed by atoms with E-state index < -0.39 is 0 Å². The molecule has 2 aromatic rings. The molecule has 7 heteroatoms. The van der Waals surface area contributed by atoms with Crippen LogP contribution in [0.3, 0.4) is 0 Å². The Hall–Kier alpha value is -2.44. The molecule has 3 heterocycles. The van der Waals surface area contributed by atoms with Gasteiger partial charge in [0.2, 0.25) is 5.91 Å². The highest BCUT2D eigenvalue weighted by Gasteiger charge is 2.18. The highest BCUT2D eigenvalue weighted by atomic mass is 16.2. The normalized spacial score (nSPS) is 14.4. The minimum Gasteiger partial charge on any atom is -0.351 e. The van der Waals surface area contributed by atoms with Crippen molar-refractivity contribution in [3.05, 3.63) is 23.5 Å². The fourth-order valence-corrected chi connectivity index (χ4v) is 2.94. The van der Waals surface area contributed by atoms with Crippen LogP contribution in [0.2, 0.25) is 0 Å². The fourth-order valence-electron chi connectivity index (χ4n) is 2.94. The van der Waals surface area contributed by atoms with Gasteiger partial charge in [0, 0.05) is 44.7 Å². The van der Waals surface area contributed by atoms with Crippen LogP contribution in [0.1, 0.15) is 35.3 Å². The standard InChI is InChI=1S/C16H21N5O2/c1-11-13-9-12(10-18-15(13)20(2)19-11)16(23)17-6-5-14(22)21-7-3-4-8-21/h9-10H,3-8H2,1-2H3,(H,17,23). The number of pyridine rings is 1. The van der Waals surface area contributed by atoms with Crippen molar-refractivity contribution < 1.29 is 9.59 Å². The van der Waals surface area contributed by atoms with Gasteiger partial charge >= 0.3 is 0 Å². The summed E-state index contributed by atoms with van der Waals surface area (Å²) in [6.07, 6.45) is 4.04. The highest BCUT2D eigenvalue weighted by molar-refractivity contribution is 5.97. The first-order valence-electron chi connectivity index (χ1n) is 7.91. The van der Waals surface area contributed by atoms with Gasteiger partial charge in [-0.1, -0.05) is 0 Å². The first kappa shape index (κ1) is 15.5. The third-order valence-electron chi connectivity index (χ3n) is 4.21. The van der Waals surface area contributed by atoms with Crippen LogP contribution in [0.5, 0.6) is 0 Å². The Morgan fingerprint density at radius 2 is 2.04 bits per heavy atom. The van der Waals surface area contributed by atoms with Gasteiger partial charge in [0.1, 0.15) is 0 Å². The van der Waals surface area contributed by atoms with E-state index in [9.17, 15) is 9.59 Å². The van der Waals surface area contributed by atoms with Crippen molar-refractivity contribution in [1.82, 2.24) is 25.0 Å². The van der Waals surface area contributed by atoms with Crippen LogP contribution in [-0.2, 0) is 11.8 Å². The lowest BCUT2D eigenvalue weighted by Gasteiger charge is -2.15. The van der Waals surface area contributed by atoms with Crippen molar-refractivity contribution in [2.75, 3.05) is 19.6 Å². The number of hydrogen-bond acceptors (Lipinski definition) is 4. The van der Waals surface area contributed by atoms with Gasteiger partial charge in [-0.15, -0.1) is 0 Å². The summed E-state index contributed by atoms with van der Waals surface area (Å²) in [5.74, 6) is -0.101. The Labute approximate surface area is 134 Å². The Kier molecular flexibility index (Phi) is 4.27. The summed E-state index contributed by atoms with van der Waals surface area (Å²) in [5.41, 5.74) is 2.08. The average molecular weight is 315 g/mol. The number of aryl methyl sites for hydroxylation is 2. The Balaban J connectivity index is 1.59.